The van der Waals surface area contributed by atoms with Crippen LogP contribution in [0, 0.1) is 0 Å². The van der Waals surface area contributed by atoms with Gasteiger partial charge in [0.05, 0.1) is 19.2 Å². The van der Waals surface area contributed by atoms with E-state index in [0.29, 0.717) is 6.04 Å². The Kier molecular flexibility index (Phi) is 11.3. The number of nitrogens with one attached hydrogen (secondary N) is 2. The largest absolute Gasteiger partial charge is 0.493 e. The first-order chi connectivity index (χ1) is 14.7. The molecule has 31 heavy (non-hydrogen) atoms. The summed E-state index contributed by atoms with van der Waals surface area (Å²) in [4.78, 5) is 7.28. The van der Waals surface area contributed by atoms with E-state index in [9.17, 15) is 0 Å². The fraction of sp³-hybridized carbons (Fsp3) is 0.522. The minimum absolute atomic E-state index is 0. The maximum Gasteiger partial charge on any atom is 0.191 e. The summed E-state index contributed by atoms with van der Waals surface area (Å²) in [6.45, 7) is 5.96. The number of thiophene rings is 1. The summed E-state index contributed by atoms with van der Waals surface area (Å²) in [7, 11) is 3.33. The molecule has 0 unspecified atom stereocenters. The summed E-state index contributed by atoms with van der Waals surface area (Å²) in [6.07, 6.45) is 4.22. The Morgan fingerprint density at radius 1 is 1.16 bits per heavy atom. The van der Waals surface area contributed by atoms with Crippen LogP contribution in [0.25, 0.3) is 0 Å². The zero-order valence-corrected chi connectivity index (χ0v) is 21.9. The lowest BCUT2D eigenvalue weighted by atomic mass is 10.1. The van der Waals surface area contributed by atoms with Crippen molar-refractivity contribution in [1.29, 1.82) is 0 Å². The van der Waals surface area contributed by atoms with Crippen molar-refractivity contribution in [1.82, 2.24) is 10.6 Å². The van der Waals surface area contributed by atoms with Gasteiger partial charge in [-0.3, -0.25) is 4.99 Å². The molecular weight excluding hydrogens is 523 g/mol. The third-order valence-electron chi connectivity index (χ3n) is 5.34. The van der Waals surface area contributed by atoms with E-state index in [-0.39, 0.29) is 24.0 Å². The number of rotatable bonds is 9. The molecule has 0 radical (unpaired) electrons. The highest BCUT2D eigenvalue weighted by Crippen LogP contribution is 2.28. The summed E-state index contributed by atoms with van der Waals surface area (Å²) in [5.74, 6) is 2.48. The molecule has 172 valence electrons. The van der Waals surface area contributed by atoms with Crippen molar-refractivity contribution in [2.45, 2.75) is 38.6 Å². The minimum Gasteiger partial charge on any atom is -0.493 e. The minimum atomic E-state index is 0. The third kappa shape index (κ3) is 7.75. The number of guanidine groups is 1. The van der Waals surface area contributed by atoms with Gasteiger partial charge in [-0.1, -0.05) is 6.07 Å². The van der Waals surface area contributed by atoms with E-state index in [0.717, 1.165) is 69.3 Å². The molecule has 1 aliphatic rings. The van der Waals surface area contributed by atoms with Crippen LogP contribution in [0.15, 0.2) is 40.7 Å². The van der Waals surface area contributed by atoms with Gasteiger partial charge < -0.3 is 25.0 Å². The average Bonchev–Trinajstić information content (AvgIpc) is 3.32. The molecule has 3 rings (SSSR count). The van der Waals surface area contributed by atoms with Gasteiger partial charge in [0, 0.05) is 32.2 Å². The molecule has 1 aliphatic heterocycles. The van der Waals surface area contributed by atoms with E-state index < -0.39 is 0 Å². The Hall–Kier alpha value is -1.68. The van der Waals surface area contributed by atoms with Crippen molar-refractivity contribution in [2.24, 2.45) is 4.99 Å². The Balaban J connectivity index is 0.00000341. The second-order valence-electron chi connectivity index (χ2n) is 7.41. The molecule has 0 atom stereocenters. The quantitative estimate of drug-likeness (QED) is 0.205. The monoisotopic (exact) mass is 558 g/mol. The van der Waals surface area contributed by atoms with Crippen LogP contribution in [-0.2, 0) is 6.42 Å². The maximum absolute atomic E-state index is 5.39. The van der Waals surface area contributed by atoms with Gasteiger partial charge in [0.15, 0.2) is 17.5 Å². The number of nitrogens with zero attached hydrogens (tertiary/aromatic N) is 2. The standard InChI is InChI=1S/C23H34N4O2S.HI/c1-4-24-23(26-19-11-14-27(15-12-19)22-8-6-16-30-22)25-13-5-7-18-9-10-20(28-2)21(17-18)29-3;/h6,8-10,16-17,19H,4-5,7,11-15H2,1-3H3,(H2,24,25,26);1H. The van der Waals surface area contributed by atoms with Crippen LogP contribution < -0.4 is 25.0 Å². The molecule has 2 aromatic rings. The van der Waals surface area contributed by atoms with Gasteiger partial charge in [0.2, 0.25) is 0 Å². The number of aliphatic imine (C=N–C) groups is 1. The Bertz CT molecular complexity index is 793. The van der Waals surface area contributed by atoms with Gasteiger partial charge in [-0.15, -0.1) is 35.3 Å². The Morgan fingerprint density at radius 2 is 1.94 bits per heavy atom. The van der Waals surface area contributed by atoms with Crippen molar-refractivity contribution in [3.8, 4) is 11.5 Å². The highest BCUT2D eigenvalue weighted by atomic mass is 127. The van der Waals surface area contributed by atoms with E-state index in [1.54, 1.807) is 14.2 Å². The van der Waals surface area contributed by atoms with Gasteiger partial charge in [0.1, 0.15) is 0 Å². The molecule has 1 saturated heterocycles. The molecule has 0 bridgehead atoms. The highest BCUT2D eigenvalue weighted by Gasteiger charge is 2.20. The third-order valence-corrected chi connectivity index (χ3v) is 6.27. The first-order valence-electron chi connectivity index (χ1n) is 10.8. The van der Waals surface area contributed by atoms with Crippen LogP contribution in [0.2, 0.25) is 0 Å². The molecule has 0 spiro atoms. The molecule has 1 aromatic heterocycles. The predicted molar refractivity (Wildman–Crippen MR) is 142 cm³/mol. The molecule has 1 aromatic carbocycles. The van der Waals surface area contributed by atoms with Crippen molar-refractivity contribution >= 4 is 46.3 Å². The number of piperidine rings is 1. The lowest BCUT2D eigenvalue weighted by Crippen LogP contribution is -2.48. The number of aryl methyl sites for hydroxylation is 1. The summed E-state index contributed by atoms with van der Waals surface area (Å²) < 4.78 is 10.7. The van der Waals surface area contributed by atoms with E-state index >= 15 is 0 Å². The topological polar surface area (TPSA) is 58.1 Å². The molecule has 0 amide bonds. The first kappa shape index (κ1) is 25.6. The highest BCUT2D eigenvalue weighted by molar-refractivity contribution is 14.0. The zero-order valence-electron chi connectivity index (χ0n) is 18.7. The number of halogens is 1. The first-order valence-corrected chi connectivity index (χ1v) is 11.7. The van der Waals surface area contributed by atoms with Crippen molar-refractivity contribution in [3.63, 3.8) is 0 Å². The van der Waals surface area contributed by atoms with E-state index in [2.05, 4.69) is 46.0 Å². The summed E-state index contributed by atoms with van der Waals surface area (Å²) >= 11 is 1.82. The van der Waals surface area contributed by atoms with Crippen LogP contribution in [0.5, 0.6) is 11.5 Å². The lowest BCUT2D eigenvalue weighted by molar-refractivity contribution is 0.354. The van der Waals surface area contributed by atoms with Gasteiger partial charge in [-0.05, 0) is 67.8 Å². The van der Waals surface area contributed by atoms with Gasteiger partial charge in [-0.25, -0.2) is 0 Å². The molecule has 8 heteroatoms. The van der Waals surface area contributed by atoms with Crippen LogP contribution in [0.3, 0.4) is 0 Å². The van der Waals surface area contributed by atoms with Crippen molar-refractivity contribution in [2.75, 3.05) is 45.3 Å². The van der Waals surface area contributed by atoms with Crippen molar-refractivity contribution in [3.05, 3.63) is 41.3 Å². The Morgan fingerprint density at radius 3 is 2.58 bits per heavy atom. The van der Waals surface area contributed by atoms with Crippen LogP contribution in [0.4, 0.5) is 5.00 Å². The normalized spacial score (nSPS) is 14.7. The number of hydrogen-bond donors (Lipinski definition) is 2. The summed E-state index contributed by atoms with van der Waals surface area (Å²) in [5.41, 5.74) is 1.24. The van der Waals surface area contributed by atoms with Crippen molar-refractivity contribution < 1.29 is 9.47 Å². The van der Waals surface area contributed by atoms with Crippen LogP contribution in [0.1, 0.15) is 31.7 Å². The smallest absolute Gasteiger partial charge is 0.191 e. The molecule has 6 nitrogen and oxygen atoms in total. The van der Waals surface area contributed by atoms with Gasteiger partial charge in [0.25, 0.3) is 0 Å². The number of benzene rings is 1. The van der Waals surface area contributed by atoms with Crippen LogP contribution >= 0.6 is 35.3 Å². The molecule has 2 heterocycles. The van der Waals surface area contributed by atoms with Gasteiger partial charge in [-0.2, -0.15) is 0 Å². The fourth-order valence-corrected chi connectivity index (χ4v) is 4.50. The molecule has 0 aliphatic carbocycles. The summed E-state index contributed by atoms with van der Waals surface area (Å²) in [6, 6.07) is 10.9. The average molecular weight is 559 g/mol. The molecule has 2 N–H and O–H groups in total. The number of anilines is 1. The lowest BCUT2D eigenvalue weighted by Gasteiger charge is -2.33. The SMILES string of the molecule is CCNC(=NCCCc1ccc(OC)c(OC)c1)NC1CCN(c2cccs2)CC1.I. The van der Waals surface area contributed by atoms with Crippen LogP contribution in [-0.4, -0.2) is 52.4 Å². The van der Waals surface area contributed by atoms with E-state index in [1.807, 2.05) is 23.5 Å². The Labute approximate surface area is 207 Å². The van der Waals surface area contributed by atoms with E-state index in [1.165, 1.54) is 10.6 Å². The zero-order chi connectivity index (χ0) is 21.2. The predicted octanol–water partition coefficient (Wildman–Crippen LogP) is 4.54. The number of methoxy groups -OCH3 is 2. The molecule has 1 fully saturated rings. The second kappa shape index (κ2) is 13.7. The fourth-order valence-electron chi connectivity index (χ4n) is 3.72. The second-order valence-corrected chi connectivity index (χ2v) is 8.34. The van der Waals surface area contributed by atoms with E-state index in [4.69, 9.17) is 14.5 Å². The number of hydrogen-bond acceptors (Lipinski definition) is 5. The molecule has 0 saturated carbocycles. The van der Waals surface area contributed by atoms with Gasteiger partial charge >= 0.3 is 0 Å². The number of ether oxygens (including phenoxy) is 2. The maximum atomic E-state index is 5.39. The summed E-state index contributed by atoms with van der Waals surface area (Å²) in [5, 5.41) is 10.6. The molecular formula is C23H35IN4O2S.